The molecule has 37 heavy (non-hydrogen) atoms. The Morgan fingerprint density at radius 1 is 1.05 bits per heavy atom. The molecule has 1 amide bonds. The molecular formula is C28H30N4O5. The van der Waals surface area contributed by atoms with Gasteiger partial charge in [-0.25, -0.2) is 14.8 Å². The molecule has 0 fully saturated rings. The highest BCUT2D eigenvalue weighted by Crippen LogP contribution is 2.31. The fourth-order valence-corrected chi connectivity index (χ4v) is 4.08. The number of aromatic nitrogens is 3. The van der Waals surface area contributed by atoms with Crippen molar-refractivity contribution in [2.24, 2.45) is 0 Å². The summed E-state index contributed by atoms with van der Waals surface area (Å²) < 4.78 is 10.9. The zero-order chi connectivity index (χ0) is 26.0. The molecule has 0 aliphatic heterocycles. The summed E-state index contributed by atoms with van der Waals surface area (Å²) in [4.78, 5) is 35.9. The molecule has 1 atom stereocenters. The molecule has 0 spiro atoms. The van der Waals surface area contributed by atoms with Crippen LogP contribution in [0.1, 0.15) is 49.5 Å². The van der Waals surface area contributed by atoms with E-state index in [9.17, 15) is 9.59 Å². The van der Waals surface area contributed by atoms with Gasteiger partial charge in [0.25, 0.3) is 0 Å². The number of H-pyrrole nitrogens is 1. The van der Waals surface area contributed by atoms with Crippen LogP contribution in [0, 0.1) is 0 Å². The number of rotatable bonds is 12. The van der Waals surface area contributed by atoms with E-state index in [0.717, 1.165) is 28.5 Å². The van der Waals surface area contributed by atoms with Crippen LogP contribution < -0.4 is 10.1 Å². The highest BCUT2D eigenvalue weighted by atomic mass is 16.5. The first-order valence-electron chi connectivity index (χ1n) is 12.2. The second-order valence-electron chi connectivity index (χ2n) is 8.67. The van der Waals surface area contributed by atoms with Crippen molar-refractivity contribution < 1.29 is 24.2 Å². The van der Waals surface area contributed by atoms with Gasteiger partial charge in [0.2, 0.25) is 5.88 Å². The van der Waals surface area contributed by atoms with Gasteiger partial charge in [-0.1, -0.05) is 61.4 Å². The van der Waals surface area contributed by atoms with Crippen LogP contribution >= 0.6 is 0 Å². The third kappa shape index (κ3) is 7.07. The molecule has 4 rings (SSSR count). The summed E-state index contributed by atoms with van der Waals surface area (Å²) in [5.74, 6) is 0.224. The number of carbonyl (C=O) groups is 2. The number of hydrogen-bond acceptors (Lipinski definition) is 6. The molecule has 0 bridgehead atoms. The number of fused-ring (bicyclic) bond motifs is 1. The molecule has 0 aliphatic rings. The van der Waals surface area contributed by atoms with E-state index in [1.54, 1.807) is 13.3 Å². The number of carbonyl (C=O) groups excluding carboxylic acids is 1. The van der Waals surface area contributed by atoms with Crippen LogP contribution in [0.3, 0.4) is 0 Å². The SMILES string of the molecule is COc1nc2ccccc2cc1-c1cnc(C(CCCCCC(=O)O)NC(=O)OCc2ccccc2)[nH]1. The zero-order valence-electron chi connectivity index (χ0n) is 20.6. The molecule has 0 aliphatic carbocycles. The van der Waals surface area contributed by atoms with E-state index in [1.165, 1.54) is 0 Å². The smallest absolute Gasteiger partial charge is 0.408 e. The Morgan fingerprint density at radius 2 is 1.84 bits per heavy atom. The number of amides is 1. The lowest BCUT2D eigenvalue weighted by molar-refractivity contribution is -0.137. The van der Waals surface area contributed by atoms with Crippen molar-refractivity contribution in [1.29, 1.82) is 0 Å². The molecule has 0 saturated heterocycles. The molecule has 9 heteroatoms. The maximum absolute atomic E-state index is 12.6. The standard InChI is InChI=1S/C28H30N4O5/c1-36-27-21(16-20-12-8-9-13-22(20)31-27)24-17-29-26(30-24)23(14-6-3-7-15-25(33)34)32-28(35)37-18-19-10-4-2-5-11-19/h2,4-5,8-13,16-17,23H,3,6-7,14-15,18H2,1H3,(H,29,30)(H,32,35)(H,33,34). The van der Waals surface area contributed by atoms with Crippen molar-refractivity contribution in [3.8, 4) is 17.1 Å². The van der Waals surface area contributed by atoms with Gasteiger partial charge >= 0.3 is 12.1 Å². The van der Waals surface area contributed by atoms with Gasteiger partial charge in [0.05, 0.1) is 36.1 Å². The number of aromatic amines is 1. The molecule has 2 aromatic carbocycles. The van der Waals surface area contributed by atoms with E-state index < -0.39 is 18.1 Å². The molecule has 3 N–H and O–H groups in total. The van der Waals surface area contributed by atoms with Crippen molar-refractivity contribution in [3.63, 3.8) is 0 Å². The summed E-state index contributed by atoms with van der Waals surface area (Å²) in [6, 6.07) is 18.8. The number of benzene rings is 2. The number of carboxylic acids is 1. The zero-order valence-corrected chi connectivity index (χ0v) is 20.6. The number of alkyl carbamates (subject to hydrolysis) is 1. The van der Waals surface area contributed by atoms with Crippen LogP contribution in [0.5, 0.6) is 5.88 Å². The van der Waals surface area contributed by atoms with Crippen molar-refractivity contribution in [1.82, 2.24) is 20.3 Å². The molecule has 192 valence electrons. The fraction of sp³-hybridized carbons (Fsp3) is 0.286. The Morgan fingerprint density at radius 3 is 2.62 bits per heavy atom. The average molecular weight is 503 g/mol. The van der Waals surface area contributed by atoms with Gasteiger partial charge in [0.1, 0.15) is 12.4 Å². The summed E-state index contributed by atoms with van der Waals surface area (Å²) >= 11 is 0. The van der Waals surface area contributed by atoms with E-state index in [0.29, 0.717) is 36.7 Å². The Balaban J connectivity index is 1.50. The maximum atomic E-state index is 12.6. The average Bonchev–Trinajstić information content (AvgIpc) is 3.41. The molecule has 2 heterocycles. The third-order valence-corrected chi connectivity index (χ3v) is 5.99. The minimum absolute atomic E-state index is 0.122. The predicted molar refractivity (Wildman–Crippen MR) is 139 cm³/mol. The van der Waals surface area contributed by atoms with Crippen LogP contribution in [0.15, 0.2) is 66.9 Å². The van der Waals surface area contributed by atoms with Gasteiger partial charge in [0.15, 0.2) is 0 Å². The van der Waals surface area contributed by atoms with Gasteiger partial charge in [-0.2, -0.15) is 0 Å². The lowest BCUT2D eigenvalue weighted by Gasteiger charge is -2.17. The van der Waals surface area contributed by atoms with Crippen molar-refractivity contribution in [2.45, 2.75) is 44.8 Å². The summed E-state index contributed by atoms with van der Waals surface area (Å²) in [5, 5.41) is 12.8. The molecule has 4 aromatic rings. The van der Waals surface area contributed by atoms with Crippen molar-refractivity contribution in [2.75, 3.05) is 7.11 Å². The number of imidazole rings is 1. The van der Waals surface area contributed by atoms with Gasteiger partial charge in [-0.05, 0) is 30.5 Å². The minimum Gasteiger partial charge on any atom is -0.481 e. The van der Waals surface area contributed by atoms with Gasteiger partial charge in [-0.15, -0.1) is 0 Å². The molecule has 2 aromatic heterocycles. The van der Waals surface area contributed by atoms with Crippen LogP contribution in [0.25, 0.3) is 22.2 Å². The van der Waals surface area contributed by atoms with E-state index >= 15 is 0 Å². The topological polar surface area (TPSA) is 126 Å². The first-order chi connectivity index (χ1) is 18.0. The third-order valence-electron chi connectivity index (χ3n) is 5.99. The second-order valence-corrected chi connectivity index (χ2v) is 8.67. The lowest BCUT2D eigenvalue weighted by atomic mass is 10.1. The number of ether oxygens (including phenoxy) is 2. The summed E-state index contributed by atoms with van der Waals surface area (Å²) in [5.41, 5.74) is 3.18. The summed E-state index contributed by atoms with van der Waals surface area (Å²) in [6.45, 7) is 0.154. The Hall–Kier alpha value is -4.40. The van der Waals surface area contributed by atoms with E-state index in [1.807, 2.05) is 60.7 Å². The first-order valence-corrected chi connectivity index (χ1v) is 12.2. The van der Waals surface area contributed by atoms with Crippen LogP contribution in [0.2, 0.25) is 0 Å². The quantitative estimate of drug-likeness (QED) is 0.214. The first kappa shape index (κ1) is 25.7. The number of hydrogen-bond donors (Lipinski definition) is 3. The Bertz CT molecular complexity index is 1340. The number of nitrogens with zero attached hydrogens (tertiary/aromatic N) is 2. The van der Waals surface area contributed by atoms with Crippen molar-refractivity contribution in [3.05, 3.63) is 78.2 Å². The second kappa shape index (κ2) is 12.5. The van der Waals surface area contributed by atoms with Crippen molar-refractivity contribution >= 4 is 23.0 Å². The van der Waals surface area contributed by atoms with E-state index in [4.69, 9.17) is 14.6 Å². The number of aliphatic carboxylic acids is 1. The van der Waals surface area contributed by atoms with Gasteiger partial charge in [-0.3, -0.25) is 4.79 Å². The normalized spacial score (nSPS) is 11.7. The van der Waals surface area contributed by atoms with Crippen LogP contribution in [-0.4, -0.2) is 39.2 Å². The molecule has 1 unspecified atom stereocenters. The molecular weight excluding hydrogens is 472 g/mol. The number of unbranched alkanes of at least 4 members (excludes halogenated alkanes) is 2. The minimum atomic E-state index is -0.812. The van der Waals surface area contributed by atoms with E-state index in [-0.39, 0.29) is 13.0 Å². The number of pyridine rings is 1. The molecule has 0 radical (unpaired) electrons. The molecule has 9 nitrogen and oxygen atoms in total. The van der Waals surface area contributed by atoms with E-state index in [2.05, 4.69) is 20.3 Å². The van der Waals surface area contributed by atoms with Crippen LogP contribution in [-0.2, 0) is 16.1 Å². The monoisotopic (exact) mass is 502 g/mol. The Labute approximate surface area is 214 Å². The summed E-state index contributed by atoms with van der Waals surface area (Å²) in [7, 11) is 1.57. The molecule has 0 saturated carbocycles. The fourth-order valence-electron chi connectivity index (χ4n) is 4.08. The number of nitrogens with one attached hydrogen (secondary N) is 2. The van der Waals surface area contributed by atoms with Gasteiger partial charge in [0, 0.05) is 11.8 Å². The summed E-state index contributed by atoms with van der Waals surface area (Å²) in [6.07, 6.45) is 3.84. The lowest BCUT2D eigenvalue weighted by Crippen LogP contribution is -2.30. The number of methoxy groups -OCH3 is 1. The maximum Gasteiger partial charge on any atom is 0.408 e. The Kier molecular flexibility index (Phi) is 8.70. The highest BCUT2D eigenvalue weighted by molar-refractivity contribution is 5.85. The number of carboxylic acid groups (broad SMARTS) is 1. The van der Waals surface area contributed by atoms with Crippen LogP contribution in [0.4, 0.5) is 4.79 Å². The van der Waals surface area contributed by atoms with Gasteiger partial charge < -0.3 is 24.9 Å². The number of para-hydroxylation sites is 1. The largest absolute Gasteiger partial charge is 0.481 e. The predicted octanol–water partition coefficient (Wildman–Crippen LogP) is 5.64. The highest BCUT2D eigenvalue weighted by Gasteiger charge is 2.20.